The van der Waals surface area contributed by atoms with Crippen molar-refractivity contribution >= 4 is 28.6 Å². The van der Waals surface area contributed by atoms with E-state index < -0.39 is 0 Å². The third-order valence-electron chi connectivity index (χ3n) is 4.72. The van der Waals surface area contributed by atoms with Gasteiger partial charge in [-0.3, -0.25) is 0 Å². The zero-order valence-corrected chi connectivity index (χ0v) is 17.4. The van der Waals surface area contributed by atoms with Gasteiger partial charge in [0.25, 0.3) is 0 Å². The van der Waals surface area contributed by atoms with Gasteiger partial charge in [-0.05, 0) is 61.7 Å². The first-order valence-corrected chi connectivity index (χ1v) is 10.8. The van der Waals surface area contributed by atoms with Crippen LogP contribution in [0.4, 0.5) is 5.69 Å². The quantitative estimate of drug-likeness (QED) is 0.520. The number of benzene rings is 2. The van der Waals surface area contributed by atoms with E-state index in [1.54, 1.807) is 11.3 Å². The van der Waals surface area contributed by atoms with Gasteiger partial charge in [0.1, 0.15) is 5.75 Å². The highest BCUT2D eigenvalue weighted by Gasteiger charge is 2.19. The number of aromatic nitrogens is 1. The Morgan fingerprint density at radius 2 is 1.96 bits per heavy atom. The average molecular weight is 415 g/mol. The van der Waals surface area contributed by atoms with Gasteiger partial charge in [0.05, 0.1) is 30.6 Å². The van der Waals surface area contributed by atoms with E-state index in [-0.39, 0.29) is 6.10 Å². The molecule has 0 N–H and O–H groups in total. The monoisotopic (exact) mass is 414 g/mol. The van der Waals surface area contributed by atoms with Crippen molar-refractivity contribution < 1.29 is 9.47 Å². The molecule has 0 aliphatic carbocycles. The molecule has 1 atom stereocenters. The molecule has 3 aromatic rings. The molecule has 28 heavy (non-hydrogen) atoms. The third kappa shape index (κ3) is 4.49. The minimum Gasteiger partial charge on any atom is -0.494 e. The molecular weight excluding hydrogens is 392 g/mol. The Hall–Kier alpha value is -2.08. The van der Waals surface area contributed by atoms with Crippen LogP contribution in [0.25, 0.3) is 11.3 Å². The molecule has 0 bridgehead atoms. The first kappa shape index (κ1) is 19.2. The van der Waals surface area contributed by atoms with Gasteiger partial charge in [0, 0.05) is 17.0 Å². The molecule has 1 aromatic heterocycles. The van der Waals surface area contributed by atoms with Crippen molar-refractivity contribution in [2.45, 2.75) is 32.4 Å². The fourth-order valence-electron chi connectivity index (χ4n) is 3.33. The molecule has 1 fully saturated rings. The van der Waals surface area contributed by atoms with E-state index in [1.807, 2.05) is 43.3 Å². The molecule has 1 unspecified atom stereocenters. The van der Waals surface area contributed by atoms with E-state index >= 15 is 0 Å². The highest BCUT2D eigenvalue weighted by atomic mass is 35.5. The predicted octanol–water partition coefficient (Wildman–Crippen LogP) is 5.68. The van der Waals surface area contributed by atoms with Crippen molar-refractivity contribution in [2.75, 3.05) is 13.2 Å². The minimum atomic E-state index is 0.236. The highest BCUT2D eigenvalue weighted by molar-refractivity contribution is 7.07. The fourth-order valence-corrected chi connectivity index (χ4v) is 4.40. The molecule has 1 saturated heterocycles. The van der Waals surface area contributed by atoms with Crippen LogP contribution in [-0.2, 0) is 11.3 Å². The summed E-state index contributed by atoms with van der Waals surface area (Å²) in [6.45, 7) is 4.29. The van der Waals surface area contributed by atoms with Crippen molar-refractivity contribution in [3.05, 3.63) is 63.7 Å². The van der Waals surface area contributed by atoms with Crippen LogP contribution in [0.15, 0.2) is 58.9 Å². The summed E-state index contributed by atoms with van der Waals surface area (Å²) >= 11 is 7.72. The molecule has 2 aromatic carbocycles. The molecule has 0 saturated carbocycles. The lowest BCUT2D eigenvalue weighted by Gasteiger charge is -2.14. The molecule has 0 radical (unpaired) electrons. The molecule has 4 rings (SSSR count). The van der Waals surface area contributed by atoms with Gasteiger partial charge in [-0.1, -0.05) is 23.7 Å². The summed E-state index contributed by atoms with van der Waals surface area (Å²) in [4.78, 5) is 5.85. The minimum absolute atomic E-state index is 0.236. The standard InChI is InChI=1S/C22H23ClN2O2S/c1-2-26-19-11-9-18(10-12-19)24-22-25(14-20-4-3-13-27-20)21(15-28-22)16-5-7-17(23)8-6-16/h5-12,15,20H,2-4,13-14H2,1H3. The first-order chi connectivity index (χ1) is 13.7. The Balaban J connectivity index is 1.72. The largest absolute Gasteiger partial charge is 0.494 e. The Morgan fingerprint density at radius 3 is 2.64 bits per heavy atom. The maximum absolute atomic E-state index is 6.07. The summed E-state index contributed by atoms with van der Waals surface area (Å²) in [5.41, 5.74) is 3.18. The number of hydrogen-bond acceptors (Lipinski definition) is 4. The summed E-state index contributed by atoms with van der Waals surface area (Å²) in [6.07, 6.45) is 2.45. The lowest BCUT2D eigenvalue weighted by Crippen LogP contribution is -2.24. The van der Waals surface area contributed by atoms with E-state index in [0.717, 1.165) is 58.5 Å². The molecule has 0 amide bonds. The Morgan fingerprint density at radius 1 is 1.18 bits per heavy atom. The number of nitrogens with zero attached hydrogens (tertiary/aromatic N) is 2. The first-order valence-electron chi connectivity index (χ1n) is 9.56. The Kier molecular flexibility index (Phi) is 6.15. The molecule has 146 valence electrons. The lowest BCUT2D eigenvalue weighted by molar-refractivity contribution is 0.0968. The number of hydrogen-bond donors (Lipinski definition) is 0. The molecule has 1 aliphatic rings. The second kappa shape index (κ2) is 8.95. The van der Waals surface area contributed by atoms with E-state index in [9.17, 15) is 0 Å². The number of halogens is 1. The van der Waals surface area contributed by atoms with Crippen molar-refractivity contribution in [2.24, 2.45) is 4.99 Å². The Bertz CT molecular complexity index is 971. The Labute approximate surface area is 174 Å². The zero-order valence-electron chi connectivity index (χ0n) is 15.8. The summed E-state index contributed by atoms with van der Waals surface area (Å²) in [7, 11) is 0. The summed E-state index contributed by atoms with van der Waals surface area (Å²) < 4.78 is 13.7. The summed E-state index contributed by atoms with van der Waals surface area (Å²) in [6, 6.07) is 15.9. The van der Waals surface area contributed by atoms with Gasteiger partial charge in [0.15, 0.2) is 4.80 Å². The van der Waals surface area contributed by atoms with Gasteiger partial charge in [-0.25, -0.2) is 4.99 Å². The van der Waals surface area contributed by atoms with Crippen molar-refractivity contribution in [3.8, 4) is 17.0 Å². The smallest absolute Gasteiger partial charge is 0.190 e. The van der Waals surface area contributed by atoms with E-state index in [4.69, 9.17) is 26.1 Å². The van der Waals surface area contributed by atoms with Gasteiger partial charge in [-0.2, -0.15) is 0 Å². The van der Waals surface area contributed by atoms with Crippen molar-refractivity contribution in [1.82, 2.24) is 4.57 Å². The fraction of sp³-hybridized carbons (Fsp3) is 0.318. The van der Waals surface area contributed by atoms with E-state index in [0.29, 0.717) is 6.61 Å². The normalized spacial score (nSPS) is 17.2. The van der Waals surface area contributed by atoms with Crippen molar-refractivity contribution in [1.29, 1.82) is 0 Å². The molecule has 1 aliphatic heterocycles. The number of thiazole rings is 1. The van der Waals surface area contributed by atoms with Crippen LogP contribution < -0.4 is 9.54 Å². The number of rotatable bonds is 6. The van der Waals surface area contributed by atoms with Crippen molar-refractivity contribution in [3.63, 3.8) is 0 Å². The SMILES string of the molecule is CCOc1ccc(N=c2scc(-c3ccc(Cl)cc3)n2CC2CCCO2)cc1. The molecule has 4 nitrogen and oxygen atoms in total. The molecule has 2 heterocycles. The van der Waals surface area contributed by atoms with Gasteiger partial charge >= 0.3 is 0 Å². The summed E-state index contributed by atoms with van der Waals surface area (Å²) in [5.74, 6) is 0.863. The van der Waals surface area contributed by atoms with E-state index in [1.165, 1.54) is 0 Å². The van der Waals surface area contributed by atoms with Crippen LogP contribution in [0.2, 0.25) is 5.02 Å². The van der Waals surface area contributed by atoms with Gasteiger partial charge in [0.2, 0.25) is 0 Å². The molecule has 0 spiro atoms. The predicted molar refractivity (Wildman–Crippen MR) is 115 cm³/mol. The van der Waals surface area contributed by atoms with Crippen LogP contribution in [0.1, 0.15) is 19.8 Å². The van der Waals surface area contributed by atoms with Gasteiger partial charge < -0.3 is 14.0 Å². The topological polar surface area (TPSA) is 35.8 Å². The second-order valence-corrected chi connectivity index (χ2v) is 7.97. The van der Waals surface area contributed by atoms with Crippen LogP contribution in [-0.4, -0.2) is 23.9 Å². The highest BCUT2D eigenvalue weighted by Crippen LogP contribution is 2.25. The second-order valence-electron chi connectivity index (χ2n) is 6.69. The molecular formula is C22H23ClN2O2S. The zero-order chi connectivity index (χ0) is 19.3. The van der Waals surface area contributed by atoms with Crippen LogP contribution in [0, 0.1) is 0 Å². The van der Waals surface area contributed by atoms with Crippen LogP contribution in [0.5, 0.6) is 5.75 Å². The molecule has 6 heteroatoms. The maximum atomic E-state index is 6.07. The maximum Gasteiger partial charge on any atom is 0.190 e. The van der Waals surface area contributed by atoms with E-state index in [2.05, 4.69) is 22.1 Å². The average Bonchev–Trinajstić information content (AvgIpc) is 3.35. The van der Waals surface area contributed by atoms with Gasteiger partial charge in [-0.15, -0.1) is 11.3 Å². The van der Waals surface area contributed by atoms with Crippen LogP contribution >= 0.6 is 22.9 Å². The summed E-state index contributed by atoms with van der Waals surface area (Å²) in [5, 5.41) is 2.90. The lowest BCUT2D eigenvalue weighted by atomic mass is 10.1. The third-order valence-corrected chi connectivity index (χ3v) is 5.84. The number of ether oxygens (including phenoxy) is 2. The van der Waals surface area contributed by atoms with Crippen LogP contribution in [0.3, 0.4) is 0 Å².